The zero-order valence-electron chi connectivity index (χ0n) is 16.4. The fourth-order valence-electron chi connectivity index (χ4n) is 2.55. The highest BCUT2D eigenvalue weighted by molar-refractivity contribution is 9.10. The van der Waals surface area contributed by atoms with Gasteiger partial charge in [0.1, 0.15) is 10.6 Å². The van der Waals surface area contributed by atoms with Crippen LogP contribution in [-0.2, 0) is 14.9 Å². The third-order valence-corrected chi connectivity index (χ3v) is 5.71. The molecule has 0 aliphatic carbocycles. The van der Waals surface area contributed by atoms with Gasteiger partial charge in [0, 0.05) is 4.47 Å². The van der Waals surface area contributed by atoms with Crippen molar-refractivity contribution in [1.29, 1.82) is 0 Å². The molecule has 0 N–H and O–H groups in total. The van der Waals surface area contributed by atoms with Crippen LogP contribution in [0.5, 0.6) is 11.5 Å². The highest BCUT2D eigenvalue weighted by atomic mass is 79.9. The van der Waals surface area contributed by atoms with Gasteiger partial charge in [-0.1, -0.05) is 22.0 Å². The second kappa shape index (κ2) is 9.31. The van der Waals surface area contributed by atoms with Crippen molar-refractivity contribution in [2.45, 2.75) is 11.8 Å². The van der Waals surface area contributed by atoms with Crippen LogP contribution in [0.2, 0.25) is 0 Å². The lowest BCUT2D eigenvalue weighted by Gasteiger charge is -2.13. The second-order valence-corrected chi connectivity index (χ2v) is 8.48. The third-order valence-electron chi connectivity index (χ3n) is 3.97. The van der Waals surface area contributed by atoms with Crippen molar-refractivity contribution in [1.82, 2.24) is 9.78 Å². The highest BCUT2D eigenvalue weighted by Crippen LogP contribution is 2.23. The normalized spacial score (nSPS) is 11.1. The van der Waals surface area contributed by atoms with E-state index < -0.39 is 33.1 Å². The average Bonchev–Trinajstić information content (AvgIpc) is 2.73. The minimum absolute atomic E-state index is 0.0151. The Hall–Kier alpha value is -3.18. The van der Waals surface area contributed by atoms with Crippen molar-refractivity contribution in [3.63, 3.8) is 0 Å². The first-order chi connectivity index (χ1) is 14.7. The molecule has 3 rings (SSSR count). The van der Waals surface area contributed by atoms with E-state index >= 15 is 0 Å². The minimum atomic E-state index is -4.37. The van der Waals surface area contributed by atoms with Gasteiger partial charge in [0.05, 0.1) is 25.5 Å². The Morgan fingerprint density at radius 3 is 2.45 bits per heavy atom. The number of rotatable bonds is 7. The molecule has 0 spiro atoms. The Bertz CT molecular complexity index is 1270. The lowest BCUT2D eigenvalue weighted by atomic mass is 10.3. The SMILES string of the molecule is CCOC(=O)c1nn(-c2cccc(Br)c2)c(=O)cc1OS(=O)(=O)c1ccc(OC)cc1. The molecule has 0 saturated carbocycles. The van der Waals surface area contributed by atoms with Gasteiger partial charge in [-0.15, -0.1) is 0 Å². The molecule has 0 unspecified atom stereocenters. The molecule has 1 heterocycles. The summed E-state index contributed by atoms with van der Waals surface area (Å²) in [6, 6.07) is 12.9. The van der Waals surface area contributed by atoms with E-state index in [1.165, 1.54) is 31.4 Å². The van der Waals surface area contributed by atoms with Crippen LogP contribution in [0.15, 0.2) is 68.8 Å². The van der Waals surface area contributed by atoms with Crippen molar-refractivity contribution in [3.05, 3.63) is 75.1 Å². The monoisotopic (exact) mass is 508 g/mol. The maximum absolute atomic E-state index is 12.7. The first kappa shape index (κ1) is 22.5. The fraction of sp³-hybridized carbons (Fsp3) is 0.150. The predicted molar refractivity (Wildman–Crippen MR) is 114 cm³/mol. The van der Waals surface area contributed by atoms with E-state index in [2.05, 4.69) is 21.0 Å². The van der Waals surface area contributed by atoms with Crippen LogP contribution in [0.1, 0.15) is 17.4 Å². The molecule has 0 aliphatic rings. The summed E-state index contributed by atoms with van der Waals surface area (Å²) in [5.41, 5.74) is -0.806. The van der Waals surface area contributed by atoms with Crippen molar-refractivity contribution in [2.24, 2.45) is 0 Å². The summed E-state index contributed by atoms with van der Waals surface area (Å²) in [5, 5.41) is 4.01. The highest BCUT2D eigenvalue weighted by Gasteiger charge is 2.25. The molecular weight excluding hydrogens is 492 g/mol. The Labute approximate surface area is 186 Å². The summed E-state index contributed by atoms with van der Waals surface area (Å²) in [7, 11) is -2.93. The molecule has 0 atom stereocenters. The molecule has 1 aromatic heterocycles. The van der Waals surface area contributed by atoms with E-state index in [1.807, 2.05) is 0 Å². The number of carbonyl (C=O) groups is 1. The molecule has 0 saturated heterocycles. The summed E-state index contributed by atoms with van der Waals surface area (Å²) in [5.74, 6) is -1.03. The summed E-state index contributed by atoms with van der Waals surface area (Å²) in [4.78, 5) is 24.9. The van der Waals surface area contributed by atoms with Gasteiger partial charge in [-0.25, -0.2) is 4.79 Å². The van der Waals surface area contributed by atoms with Crippen LogP contribution >= 0.6 is 15.9 Å². The summed E-state index contributed by atoms with van der Waals surface area (Å²) in [6.45, 7) is 1.60. The zero-order chi connectivity index (χ0) is 22.6. The molecule has 2 aromatic carbocycles. The molecule has 0 fully saturated rings. The second-order valence-electron chi connectivity index (χ2n) is 6.02. The third kappa shape index (κ3) is 5.12. The van der Waals surface area contributed by atoms with E-state index in [-0.39, 0.29) is 11.5 Å². The van der Waals surface area contributed by atoms with Crippen LogP contribution in [-0.4, -0.2) is 37.9 Å². The van der Waals surface area contributed by atoms with Crippen molar-refractivity contribution in [2.75, 3.05) is 13.7 Å². The number of benzene rings is 2. The van der Waals surface area contributed by atoms with Crippen LogP contribution in [0.25, 0.3) is 5.69 Å². The molecule has 11 heteroatoms. The quantitative estimate of drug-likeness (QED) is 0.353. The number of hydrogen-bond acceptors (Lipinski definition) is 8. The van der Waals surface area contributed by atoms with Crippen molar-refractivity contribution < 1.29 is 26.9 Å². The summed E-state index contributed by atoms with van der Waals surface area (Å²) >= 11 is 3.30. The van der Waals surface area contributed by atoms with Crippen LogP contribution < -0.4 is 14.5 Å². The standard InChI is InChI=1S/C20H17BrN2O7S/c1-3-29-20(25)19-17(30-31(26,27)16-9-7-15(28-2)8-10-16)12-18(24)23(22-19)14-6-4-5-13(21)11-14/h4-12H,3H2,1-2H3. The Kier molecular flexibility index (Phi) is 6.76. The molecule has 3 aromatic rings. The summed E-state index contributed by atoms with van der Waals surface area (Å²) < 4.78 is 42.1. The fourth-order valence-corrected chi connectivity index (χ4v) is 3.86. The van der Waals surface area contributed by atoms with E-state index in [0.29, 0.717) is 15.9 Å². The molecule has 0 aliphatic heterocycles. The Morgan fingerprint density at radius 2 is 1.84 bits per heavy atom. The largest absolute Gasteiger partial charge is 0.497 e. The average molecular weight is 509 g/mol. The maximum Gasteiger partial charge on any atom is 0.362 e. The smallest absolute Gasteiger partial charge is 0.362 e. The molecule has 162 valence electrons. The first-order valence-electron chi connectivity index (χ1n) is 8.91. The number of hydrogen-bond donors (Lipinski definition) is 0. The number of aromatic nitrogens is 2. The van der Waals surface area contributed by atoms with Gasteiger partial charge < -0.3 is 13.7 Å². The van der Waals surface area contributed by atoms with Crippen molar-refractivity contribution >= 4 is 32.0 Å². The van der Waals surface area contributed by atoms with Gasteiger partial charge in [0.25, 0.3) is 5.56 Å². The van der Waals surface area contributed by atoms with E-state index in [1.54, 1.807) is 31.2 Å². The maximum atomic E-state index is 12.7. The van der Waals surface area contributed by atoms with Gasteiger partial charge in [-0.05, 0) is 49.4 Å². The van der Waals surface area contributed by atoms with Crippen LogP contribution in [0.3, 0.4) is 0 Å². The number of ether oxygens (including phenoxy) is 2. The van der Waals surface area contributed by atoms with Crippen LogP contribution in [0.4, 0.5) is 0 Å². The Balaban J connectivity index is 2.09. The molecule has 9 nitrogen and oxygen atoms in total. The van der Waals surface area contributed by atoms with E-state index in [0.717, 1.165) is 10.7 Å². The Morgan fingerprint density at radius 1 is 1.13 bits per heavy atom. The molecule has 0 amide bonds. The number of methoxy groups -OCH3 is 1. The number of halogens is 1. The number of esters is 1. The number of carbonyl (C=O) groups excluding carboxylic acids is 1. The molecule has 0 radical (unpaired) electrons. The van der Waals surface area contributed by atoms with Crippen LogP contribution in [0, 0.1) is 0 Å². The van der Waals surface area contributed by atoms with Crippen molar-refractivity contribution in [3.8, 4) is 17.2 Å². The first-order valence-corrected chi connectivity index (χ1v) is 11.1. The topological polar surface area (TPSA) is 114 Å². The van der Waals surface area contributed by atoms with Gasteiger partial charge in [-0.2, -0.15) is 18.2 Å². The molecule has 0 bridgehead atoms. The lowest BCUT2D eigenvalue weighted by Crippen LogP contribution is -2.26. The molecule has 31 heavy (non-hydrogen) atoms. The van der Waals surface area contributed by atoms with Gasteiger partial charge >= 0.3 is 16.1 Å². The van der Waals surface area contributed by atoms with E-state index in [4.69, 9.17) is 13.7 Å². The van der Waals surface area contributed by atoms with Gasteiger partial charge in [0.15, 0.2) is 5.75 Å². The van der Waals surface area contributed by atoms with E-state index in [9.17, 15) is 18.0 Å². The minimum Gasteiger partial charge on any atom is -0.497 e. The lowest BCUT2D eigenvalue weighted by molar-refractivity contribution is 0.0515. The van der Waals surface area contributed by atoms with Gasteiger partial charge in [0.2, 0.25) is 5.69 Å². The van der Waals surface area contributed by atoms with Gasteiger partial charge in [-0.3, -0.25) is 4.79 Å². The summed E-state index contributed by atoms with van der Waals surface area (Å²) in [6.07, 6.45) is 0. The zero-order valence-corrected chi connectivity index (χ0v) is 18.8. The predicted octanol–water partition coefficient (Wildman–Crippen LogP) is 2.95. The molecular formula is C20H17BrN2O7S. The number of nitrogens with zero attached hydrogens (tertiary/aromatic N) is 2.